The van der Waals surface area contributed by atoms with Crippen LogP contribution in [0.15, 0.2) is 83.9 Å². The normalized spacial score (nSPS) is 14.6. The Labute approximate surface area is 153 Å². The second-order valence-corrected chi connectivity index (χ2v) is 6.40. The van der Waals surface area contributed by atoms with E-state index in [1.807, 2.05) is 97.9 Å². The monoisotopic (exact) mass is 341 g/mol. The molecular weight excluding hydrogens is 322 g/mol. The van der Waals surface area contributed by atoms with Crippen molar-refractivity contribution in [1.29, 1.82) is 0 Å². The Morgan fingerprint density at radius 3 is 2.15 bits per heavy atom. The van der Waals surface area contributed by atoms with Gasteiger partial charge < -0.3 is 10.1 Å². The van der Waals surface area contributed by atoms with Crippen LogP contribution >= 0.6 is 0 Å². The highest BCUT2D eigenvalue weighted by atomic mass is 16.5. The Kier molecular flexibility index (Phi) is 4.01. The molecule has 1 aliphatic rings. The summed E-state index contributed by atoms with van der Waals surface area (Å²) in [7, 11) is 4.01. The Bertz CT molecular complexity index is 1000. The third-order valence-electron chi connectivity index (χ3n) is 4.46. The molecule has 26 heavy (non-hydrogen) atoms. The number of hydrogen-bond donors (Lipinski definition) is 0. The molecule has 3 aromatic rings. The van der Waals surface area contributed by atoms with Crippen molar-refractivity contribution in [2.24, 2.45) is 4.99 Å². The minimum atomic E-state index is 0.587. The first-order chi connectivity index (χ1) is 12.6. The summed E-state index contributed by atoms with van der Waals surface area (Å²) >= 11 is 0. The molecule has 0 radical (unpaired) electrons. The first kappa shape index (κ1) is 16.1. The molecule has 0 atom stereocenters. The third kappa shape index (κ3) is 2.75. The Balaban J connectivity index is 1.86. The highest BCUT2D eigenvalue weighted by molar-refractivity contribution is 6.54. The van der Waals surface area contributed by atoms with Crippen molar-refractivity contribution in [3.05, 3.63) is 95.2 Å². The van der Waals surface area contributed by atoms with Crippen molar-refractivity contribution in [1.82, 2.24) is 0 Å². The zero-order chi connectivity index (χ0) is 18.1. The first-order valence-corrected chi connectivity index (χ1v) is 8.50. The summed E-state index contributed by atoms with van der Waals surface area (Å²) in [4.78, 5) is 6.87. The average molecular weight is 341 g/mol. The van der Waals surface area contributed by atoms with E-state index in [9.17, 15) is 5.21 Å². The van der Waals surface area contributed by atoms with Crippen molar-refractivity contribution in [3.8, 4) is 0 Å². The molecule has 0 saturated carbocycles. The lowest BCUT2D eigenvalue weighted by Crippen LogP contribution is -2.17. The van der Waals surface area contributed by atoms with Gasteiger partial charge in [0, 0.05) is 31.4 Å². The molecular formula is C22H19N3O. The van der Waals surface area contributed by atoms with Crippen LogP contribution in [0.4, 0.5) is 17.1 Å². The van der Waals surface area contributed by atoms with Gasteiger partial charge in [0.2, 0.25) is 5.69 Å². The number of hydrogen-bond acceptors (Lipinski definition) is 3. The zero-order valence-corrected chi connectivity index (χ0v) is 14.8. The van der Waals surface area contributed by atoms with Gasteiger partial charge in [-0.15, -0.1) is 0 Å². The van der Waals surface area contributed by atoms with Gasteiger partial charge in [-0.05, 0) is 42.5 Å². The number of benzene rings is 3. The van der Waals surface area contributed by atoms with Gasteiger partial charge in [0.15, 0.2) is 5.71 Å². The van der Waals surface area contributed by atoms with Gasteiger partial charge in [0.05, 0.1) is 11.3 Å². The molecule has 0 amide bonds. The van der Waals surface area contributed by atoms with Gasteiger partial charge in [0.25, 0.3) is 5.71 Å². The molecule has 4 rings (SSSR count). The molecule has 0 fully saturated rings. The molecule has 1 heterocycles. The van der Waals surface area contributed by atoms with Crippen molar-refractivity contribution in [3.63, 3.8) is 0 Å². The van der Waals surface area contributed by atoms with E-state index in [0.29, 0.717) is 17.1 Å². The van der Waals surface area contributed by atoms with Crippen molar-refractivity contribution >= 4 is 28.5 Å². The van der Waals surface area contributed by atoms with E-state index in [1.54, 1.807) is 0 Å². The third-order valence-corrected chi connectivity index (χ3v) is 4.46. The predicted molar refractivity (Wildman–Crippen MR) is 107 cm³/mol. The molecule has 0 N–H and O–H groups in total. The lowest BCUT2D eigenvalue weighted by molar-refractivity contribution is -0.355. The van der Waals surface area contributed by atoms with E-state index in [1.165, 1.54) is 0 Å². The number of rotatable bonds is 3. The lowest BCUT2D eigenvalue weighted by Gasteiger charge is -2.11. The van der Waals surface area contributed by atoms with Crippen molar-refractivity contribution in [2.45, 2.75) is 0 Å². The quantitative estimate of drug-likeness (QED) is 0.519. The second kappa shape index (κ2) is 6.48. The largest absolute Gasteiger partial charge is 0.618 e. The standard InChI is InChI=1S/C22H19N3O/c1-24(2)18-14-12-17(13-15-18)23-21-19-10-6-7-11-20(19)25(26)22(21)16-8-4-3-5-9-16/h3-15H,1-2H3. The van der Waals surface area contributed by atoms with E-state index in [4.69, 9.17) is 4.99 Å². The first-order valence-electron chi connectivity index (χ1n) is 8.50. The molecule has 4 heteroatoms. The van der Waals surface area contributed by atoms with Crippen molar-refractivity contribution in [2.75, 3.05) is 19.0 Å². The van der Waals surface area contributed by atoms with Crippen LogP contribution < -0.4 is 4.90 Å². The fraction of sp³-hybridized carbons (Fsp3) is 0.0909. The van der Waals surface area contributed by atoms with E-state index in [2.05, 4.69) is 0 Å². The molecule has 3 aromatic carbocycles. The number of aliphatic imine (C=N–C) groups is 1. The smallest absolute Gasteiger partial charge is 0.251 e. The number of anilines is 1. The van der Waals surface area contributed by atoms with E-state index in [0.717, 1.165) is 27.2 Å². The molecule has 0 spiro atoms. The summed E-state index contributed by atoms with van der Waals surface area (Å²) in [6.07, 6.45) is 0. The highest BCUT2D eigenvalue weighted by Crippen LogP contribution is 2.30. The van der Waals surface area contributed by atoms with Crippen LogP contribution in [0.1, 0.15) is 11.1 Å². The summed E-state index contributed by atoms with van der Waals surface area (Å²) in [5.74, 6) is 0. The molecule has 1 aliphatic heterocycles. The van der Waals surface area contributed by atoms with E-state index in [-0.39, 0.29) is 0 Å². The molecule has 4 nitrogen and oxygen atoms in total. The molecule has 0 saturated heterocycles. The SMILES string of the molecule is CN(C)c1ccc(N=C2C(c3ccccc3)=[N+]([O-])c3ccccc32)cc1. The second-order valence-electron chi connectivity index (χ2n) is 6.40. The van der Waals surface area contributed by atoms with Crippen LogP contribution in [0.2, 0.25) is 0 Å². The molecule has 0 unspecified atom stereocenters. The Morgan fingerprint density at radius 1 is 0.808 bits per heavy atom. The summed E-state index contributed by atoms with van der Waals surface area (Å²) in [5.41, 5.74) is 5.58. The lowest BCUT2D eigenvalue weighted by atomic mass is 10.0. The topological polar surface area (TPSA) is 41.7 Å². The fourth-order valence-corrected chi connectivity index (χ4v) is 3.11. The van der Waals surface area contributed by atoms with Gasteiger partial charge in [-0.3, -0.25) is 0 Å². The maximum Gasteiger partial charge on any atom is 0.251 e. The summed E-state index contributed by atoms with van der Waals surface area (Å²) in [6.45, 7) is 0. The van der Waals surface area contributed by atoms with Crippen LogP contribution in [0, 0.1) is 5.21 Å². The minimum absolute atomic E-state index is 0.587. The van der Waals surface area contributed by atoms with Gasteiger partial charge in [-0.25, -0.2) is 4.99 Å². The van der Waals surface area contributed by atoms with Crippen LogP contribution in [-0.2, 0) is 0 Å². The number of nitrogens with zero attached hydrogens (tertiary/aromatic N) is 3. The van der Waals surface area contributed by atoms with Gasteiger partial charge in [-0.1, -0.05) is 30.3 Å². The molecule has 0 aromatic heterocycles. The summed E-state index contributed by atoms with van der Waals surface area (Å²) in [5, 5.41) is 12.9. The minimum Gasteiger partial charge on any atom is -0.618 e. The summed E-state index contributed by atoms with van der Waals surface area (Å²) < 4.78 is 0.984. The van der Waals surface area contributed by atoms with Gasteiger partial charge in [-0.2, -0.15) is 4.74 Å². The predicted octanol–water partition coefficient (Wildman–Crippen LogP) is 4.52. The Morgan fingerprint density at radius 2 is 1.46 bits per heavy atom. The maximum absolute atomic E-state index is 12.9. The zero-order valence-electron chi connectivity index (χ0n) is 14.8. The molecule has 128 valence electrons. The van der Waals surface area contributed by atoms with Gasteiger partial charge >= 0.3 is 0 Å². The van der Waals surface area contributed by atoms with E-state index < -0.39 is 0 Å². The van der Waals surface area contributed by atoms with Crippen LogP contribution in [-0.4, -0.2) is 30.3 Å². The molecule has 0 aliphatic carbocycles. The van der Waals surface area contributed by atoms with E-state index >= 15 is 0 Å². The number of fused-ring (bicyclic) bond motifs is 1. The highest BCUT2D eigenvalue weighted by Gasteiger charge is 2.34. The summed E-state index contributed by atoms with van der Waals surface area (Å²) in [6, 6.07) is 25.3. The average Bonchev–Trinajstić information content (AvgIpc) is 2.95. The van der Waals surface area contributed by atoms with Crippen LogP contribution in [0.3, 0.4) is 0 Å². The fourth-order valence-electron chi connectivity index (χ4n) is 3.11. The number of para-hydroxylation sites is 1. The Hall–Kier alpha value is -3.40. The van der Waals surface area contributed by atoms with Crippen LogP contribution in [0.5, 0.6) is 0 Å². The molecule has 0 bridgehead atoms. The van der Waals surface area contributed by atoms with Crippen LogP contribution in [0.25, 0.3) is 0 Å². The van der Waals surface area contributed by atoms with Crippen molar-refractivity contribution < 1.29 is 4.74 Å². The maximum atomic E-state index is 12.9. The van der Waals surface area contributed by atoms with Gasteiger partial charge in [0.1, 0.15) is 0 Å².